The molecule has 5 nitrogen and oxygen atoms in total. The number of fused-ring (bicyclic) bond motifs is 4. The fourth-order valence-corrected chi connectivity index (χ4v) is 4.82. The van der Waals surface area contributed by atoms with Gasteiger partial charge in [-0.05, 0) is 49.7 Å². The van der Waals surface area contributed by atoms with E-state index in [4.69, 9.17) is 14.6 Å². The first-order valence-electron chi connectivity index (χ1n) is 10.5. The summed E-state index contributed by atoms with van der Waals surface area (Å²) in [5.41, 5.74) is 5.76. The summed E-state index contributed by atoms with van der Waals surface area (Å²) in [5, 5.41) is 7.44. The number of hydrazone groups is 1. The highest BCUT2D eigenvalue weighted by atomic mass is 16.5. The molecular weight excluding hydrogens is 362 g/mol. The summed E-state index contributed by atoms with van der Waals surface area (Å²) >= 11 is 0. The third kappa shape index (κ3) is 2.91. The van der Waals surface area contributed by atoms with E-state index < -0.39 is 5.72 Å². The number of rotatable bonds is 2. The third-order valence-electron chi connectivity index (χ3n) is 6.82. The van der Waals surface area contributed by atoms with Crippen molar-refractivity contribution in [2.45, 2.75) is 44.9 Å². The average Bonchev–Trinajstić information content (AvgIpc) is 3.19. The van der Waals surface area contributed by atoms with Crippen LogP contribution in [0.25, 0.3) is 0 Å². The summed E-state index contributed by atoms with van der Waals surface area (Å²) in [6, 6.07) is 13.1. The van der Waals surface area contributed by atoms with E-state index in [0.717, 1.165) is 49.6 Å². The lowest BCUT2D eigenvalue weighted by atomic mass is 9.90. The standard InChI is InChI=1S/C24H29N3O2/c1-16-8-9-18(14-17(16)2)20-15-21-19-6-5-7-22(28-4)23(19)29-24(27(21)25-20)10-12-26(3)13-11-24/h5-9,14,21H,10-13,15H2,1-4H3/t21-/m1/s1. The van der Waals surface area contributed by atoms with Crippen molar-refractivity contribution in [2.75, 3.05) is 27.2 Å². The second kappa shape index (κ2) is 6.77. The summed E-state index contributed by atoms with van der Waals surface area (Å²) < 4.78 is 12.4. The number of benzene rings is 2. The van der Waals surface area contributed by atoms with Gasteiger partial charge >= 0.3 is 0 Å². The number of methoxy groups -OCH3 is 1. The highest BCUT2D eigenvalue weighted by Crippen LogP contribution is 2.52. The van der Waals surface area contributed by atoms with Crippen LogP contribution in [0.2, 0.25) is 0 Å². The minimum atomic E-state index is -0.402. The predicted octanol–water partition coefficient (Wildman–Crippen LogP) is 4.28. The van der Waals surface area contributed by atoms with Crippen LogP contribution < -0.4 is 9.47 Å². The SMILES string of the molecule is COc1cccc2c1OC1(CCN(C)CC1)N1N=C(c3ccc(C)c(C)c3)C[C@H]21. The molecule has 1 fully saturated rings. The summed E-state index contributed by atoms with van der Waals surface area (Å²) in [4.78, 5) is 2.37. The average molecular weight is 392 g/mol. The van der Waals surface area contributed by atoms with Gasteiger partial charge in [0.05, 0.1) is 18.9 Å². The fraction of sp³-hybridized carbons (Fsp3) is 0.458. The summed E-state index contributed by atoms with van der Waals surface area (Å²) in [5.74, 6) is 1.72. The zero-order valence-electron chi connectivity index (χ0n) is 17.7. The number of likely N-dealkylation sites (tertiary alicyclic amines) is 1. The Labute approximate surface area is 172 Å². The first-order valence-corrected chi connectivity index (χ1v) is 10.5. The van der Waals surface area contributed by atoms with Crippen LogP contribution in [0.1, 0.15) is 47.6 Å². The van der Waals surface area contributed by atoms with Crippen molar-refractivity contribution in [1.82, 2.24) is 9.91 Å². The third-order valence-corrected chi connectivity index (χ3v) is 6.82. The first-order chi connectivity index (χ1) is 14.0. The maximum absolute atomic E-state index is 6.74. The maximum atomic E-state index is 6.74. The van der Waals surface area contributed by atoms with Gasteiger partial charge in [0.2, 0.25) is 5.72 Å². The number of piperidine rings is 1. The van der Waals surface area contributed by atoms with Gasteiger partial charge in [-0.15, -0.1) is 0 Å². The Balaban J connectivity index is 1.60. The van der Waals surface area contributed by atoms with Crippen molar-refractivity contribution in [3.05, 3.63) is 58.7 Å². The number of aryl methyl sites for hydroxylation is 2. The van der Waals surface area contributed by atoms with E-state index in [2.05, 4.69) is 61.1 Å². The number of hydrogen-bond acceptors (Lipinski definition) is 5. The predicted molar refractivity (Wildman–Crippen MR) is 115 cm³/mol. The normalized spacial score (nSPS) is 22.7. The number of para-hydroxylation sites is 1. The van der Waals surface area contributed by atoms with Gasteiger partial charge in [-0.3, -0.25) is 0 Å². The summed E-state index contributed by atoms with van der Waals surface area (Å²) in [6.07, 6.45) is 2.76. The van der Waals surface area contributed by atoms with Crippen molar-refractivity contribution in [1.29, 1.82) is 0 Å². The van der Waals surface area contributed by atoms with E-state index in [1.54, 1.807) is 7.11 Å². The zero-order chi connectivity index (χ0) is 20.2. The Morgan fingerprint density at radius 1 is 1.10 bits per heavy atom. The van der Waals surface area contributed by atoms with Crippen molar-refractivity contribution < 1.29 is 9.47 Å². The van der Waals surface area contributed by atoms with Gasteiger partial charge in [-0.25, -0.2) is 5.01 Å². The zero-order valence-corrected chi connectivity index (χ0v) is 17.7. The van der Waals surface area contributed by atoms with Gasteiger partial charge in [0.15, 0.2) is 11.5 Å². The molecule has 1 saturated heterocycles. The lowest BCUT2D eigenvalue weighted by molar-refractivity contribution is -0.148. The smallest absolute Gasteiger partial charge is 0.200 e. The summed E-state index contributed by atoms with van der Waals surface area (Å²) in [7, 11) is 3.90. The van der Waals surface area contributed by atoms with Gasteiger partial charge < -0.3 is 14.4 Å². The monoisotopic (exact) mass is 391 g/mol. The molecule has 3 heterocycles. The minimum Gasteiger partial charge on any atom is -0.493 e. The molecule has 5 heteroatoms. The van der Waals surface area contributed by atoms with Crippen LogP contribution in [0, 0.1) is 13.8 Å². The molecule has 1 spiro atoms. The Hall–Kier alpha value is -2.53. The second-order valence-corrected chi connectivity index (χ2v) is 8.64. The minimum absolute atomic E-state index is 0.189. The largest absolute Gasteiger partial charge is 0.493 e. The van der Waals surface area contributed by atoms with E-state index in [9.17, 15) is 0 Å². The second-order valence-electron chi connectivity index (χ2n) is 8.64. The topological polar surface area (TPSA) is 37.3 Å². The van der Waals surface area contributed by atoms with Crippen LogP contribution in [-0.4, -0.2) is 48.6 Å². The Bertz CT molecular complexity index is 976. The van der Waals surface area contributed by atoms with Gasteiger partial charge in [0, 0.05) is 37.9 Å². The van der Waals surface area contributed by atoms with Crippen molar-refractivity contribution in [2.24, 2.45) is 5.10 Å². The molecule has 5 rings (SSSR count). The molecule has 3 aliphatic rings. The molecule has 3 aliphatic heterocycles. The van der Waals surface area contributed by atoms with Gasteiger partial charge in [0.1, 0.15) is 0 Å². The highest BCUT2D eigenvalue weighted by molar-refractivity contribution is 6.02. The molecule has 0 radical (unpaired) electrons. The molecule has 2 aromatic rings. The number of ether oxygens (including phenoxy) is 2. The van der Waals surface area contributed by atoms with Crippen LogP contribution in [0.5, 0.6) is 11.5 Å². The molecule has 0 saturated carbocycles. The molecule has 0 amide bonds. The van der Waals surface area contributed by atoms with Crippen LogP contribution in [0.3, 0.4) is 0 Å². The molecule has 2 aromatic carbocycles. The maximum Gasteiger partial charge on any atom is 0.200 e. The molecule has 152 valence electrons. The van der Waals surface area contributed by atoms with Crippen LogP contribution in [-0.2, 0) is 0 Å². The molecule has 0 aromatic heterocycles. The summed E-state index contributed by atoms with van der Waals surface area (Å²) in [6.45, 7) is 6.33. The molecule has 0 N–H and O–H groups in total. The van der Waals surface area contributed by atoms with Gasteiger partial charge in [-0.2, -0.15) is 5.10 Å². The molecule has 0 bridgehead atoms. The van der Waals surface area contributed by atoms with E-state index in [-0.39, 0.29) is 6.04 Å². The van der Waals surface area contributed by atoms with Crippen LogP contribution in [0.4, 0.5) is 0 Å². The lowest BCUT2D eigenvalue weighted by Gasteiger charge is -2.50. The molecule has 0 unspecified atom stereocenters. The molecule has 0 aliphatic carbocycles. The lowest BCUT2D eigenvalue weighted by Crippen LogP contribution is -2.58. The molecule has 1 atom stereocenters. The quantitative estimate of drug-likeness (QED) is 0.766. The van der Waals surface area contributed by atoms with Gasteiger partial charge in [0.25, 0.3) is 0 Å². The molecular formula is C24H29N3O2. The Kier molecular flexibility index (Phi) is 4.32. The number of hydrogen-bond donors (Lipinski definition) is 0. The highest BCUT2D eigenvalue weighted by Gasteiger charge is 2.52. The van der Waals surface area contributed by atoms with E-state index in [0.29, 0.717) is 0 Å². The van der Waals surface area contributed by atoms with Crippen LogP contribution in [0.15, 0.2) is 41.5 Å². The van der Waals surface area contributed by atoms with Crippen molar-refractivity contribution in [3.8, 4) is 11.5 Å². The Morgan fingerprint density at radius 2 is 1.90 bits per heavy atom. The van der Waals surface area contributed by atoms with Gasteiger partial charge in [-0.1, -0.05) is 24.3 Å². The first kappa shape index (κ1) is 18.5. The number of nitrogens with zero attached hydrogens (tertiary/aromatic N) is 3. The van der Waals surface area contributed by atoms with E-state index >= 15 is 0 Å². The Morgan fingerprint density at radius 3 is 2.62 bits per heavy atom. The van der Waals surface area contributed by atoms with Crippen LogP contribution >= 0.6 is 0 Å². The van der Waals surface area contributed by atoms with Crippen molar-refractivity contribution >= 4 is 5.71 Å². The van der Waals surface area contributed by atoms with E-state index in [1.807, 2.05) is 6.07 Å². The van der Waals surface area contributed by atoms with E-state index in [1.165, 1.54) is 22.3 Å². The molecule has 29 heavy (non-hydrogen) atoms. The van der Waals surface area contributed by atoms with Crippen molar-refractivity contribution in [3.63, 3.8) is 0 Å². The fourth-order valence-electron chi connectivity index (χ4n) is 4.82.